The molecule has 3 aromatic rings. The smallest absolute Gasteiger partial charge is 0.152 e. The van der Waals surface area contributed by atoms with Gasteiger partial charge in [0.1, 0.15) is 5.82 Å². The Balaban J connectivity index is 2.28. The highest BCUT2D eigenvalue weighted by molar-refractivity contribution is 6.30. The maximum absolute atomic E-state index is 13.3. The number of carbonyl (C=O) groups excluding carboxylic acids is 1. The van der Waals surface area contributed by atoms with Crippen molar-refractivity contribution >= 4 is 28.8 Å². The summed E-state index contributed by atoms with van der Waals surface area (Å²) in [5.41, 5.74) is 2.70. The van der Waals surface area contributed by atoms with E-state index in [2.05, 4.69) is 4.98 Å². The van der Waals surface area contributed by atoms with Gasteiger partial charge in [0.2, 0.25) is 0 Å². The molecule has 0 bridgehead atoms. The minimum absolute atomic E-state index is 0.364. The molecule has 1 N–H and O–H groups in total. The number of aromatic nitrogens is 1. The van der Waals surface area contributed by atoms with Gasteiger partial charge in [-0.1, -0.05) is 23.7 Å². The van der Waals surface area contributed by atoms with Gasteiger partial charge in [-0.05, 0) is 35.9 Å². The van der Waals surface area contributed by atoms with Crippen LogP contribution in [-0.2, 0) is 0 Å². The standard InChI is InChI=1S/C15H9ClFNO/c16-10-3-1-9(2-4-10)15-13(8-19)12-7-11(17)5-6-14(12)18-15/h1-8,18H. The Hall–Kier alpha value is -2.13. The largest absolute Gasteiger partial charge is 0.354 e. The van der Waals surface area contributed by atoms with E-state index in [1.54, 1.807) is 18.2 Å². The summed E-state index contributed by atoms with van der Waals surface area (Å²) in [6.07, 6.45) is 0.738. The Morgan fingerprint density at radius 3 is 2.53 bits per heavy atom. The number of benzene rings is 2. The van der Waals surface area contributed by atoms with E-state index in [4.69, 9.17) is 11.6 Å². The van der Waals surface area contributed by atoms with E-state index in [1.807, 2.05) is 12.1 Å². The summed E-state index contributed by atoms with van der Waals surface area (Å²) in [6.45, 7) is 0. The first-order valence-corrected chi connectivity index (χ1v) is 6.09. The van der Waals surface area contributed by atoms with Crippen LogP contribution in [0.3, 0.4) is 0 Å². The van der Waals surface area contributed by atoms with E-state index in [9.17, 15) is 9.18 Å². The molecular weight excluding hydrogens is 265 g/mol. The molecule has 94 valence electrons. The second-order valence-electron chi connectivity index (χ2n) is 4.23. The van der Waals surface area contributed by atoms with Gasteiger partial charge in [0.05, 0.1) is 5.69 Å². The van der Waals surface area contributed by atoms with Gasteiger partial charge in [0.25, 0.3) is 0 Å². The lowest BCUT2D eigenvalue weighted by atomic mass is 10.1. The van der Waals surface area contributed by atoms with E-state index in [1.165, 1.54) is 12.1 Å². The molecule has 0 aliphatic rings. The van der Waals surface area contributed by atoms with Gasteiger partial charge in [-0.15, -0.1) is 0 Å². The van der Waals surface area contributed by atoms with Crippen LogP contribution in [0.25, 0.3) is 22.2 Å². The minimum Gasteiger partial charge on any atom is -0.354 e. The normalized spacial score (nSPS) is 10.8. The van der Waals surface area contributed by atoms with Crippen molar-refractivity contribution in [3.63, 3.8) is 0 Å². The van der Waals surface area contributed by atoms with Crippen LogP contribution < -0.4 is 0 Å². The Bertz CT molecular complexity index is 762. The summed E-state index contributed by atoms with van der Waals surface area (Å²) in [5.74, 6) is -0.364. The molecule has 0 amide bonds. The number of aromatic amines is 1. The topological polar surface area (TPSA) is 32.9 Å². The SMILES string of the molecule is O=Cc1c(-c2ccc(Cl)cc2)[nH]c2ccc(F)cc12. The summed E-state index contributed by atoms with van der Waals surface area (Å²) in [4.78, 5) is 14.4. The molecular formula is C15H9ClFNO. The third kappa shape index (κ3) is 2.02. The molecule has 1 heterocycles. The van der Waals surface area contributed by atoms with E-state index in [-0.39, 0.29) is 5.82 Å². The lowest BCUT2D eigenvalue weighted by Crippen LogP contribution is -1.84. The van der Waals surface area contributed by atoms with Crippen LogP contribution in [0, 0.1) is 5.82 Å². The van der Waals surface area contributed by atoms with Gasteiger partial charge in [-0.2, -0.15) is 0 Å². The molecule has 0 spiro atoms. The van der Waals surface area contributed by atoms with Crippen molar-refractivity contribution < 1.29 is 9.18 Å². The number of rotatable bonds is 2. The van der Waals surface area contributed by atoms with Crippen LogP contribution in [0.15, 0.2) is 42.5 Å². The molecule has 0 unspecified atom stereocenters. The first-order chi connectivity index (χ1) is 9.19. The van der Waals surface area contributed by atoms with Gasteiger partial charge < -0.3 is 4.98 Å². The summed E-state index contributed by atoms with van der Waals surface area (Å²) in [5, 5.41) is 1.21. The number of fused-ring (bicyclic) bond motifs is 1. The molecule has 0 saturated carbocycles. The van der Waals surface area contributed by atoms with E-state index < -0.39 is 0 Å². The van der Waals surface area contributed by atoms with Crippen molar-refractivity contribution in [3.05, 3.63) is 58.9 Å². The fourth-order valence-electron chi connectivity index (χ4n) is 2.15. The lowest BCUT2D eigenvalue weighted by Gasteiger charge is -1.99. The third-order valence-corrected chi connectivity index (χ3v) is 3.30. The van der Waals surface area contributed by atoms with Gasteiger partial charge in [0.15, 0.2) is 6.29 Å². The Morgan fingerprint density at radius 2 is 1.84 bits per heavy atom. The highest BCUT2D eigenvalue weighted by Crippen LogP contribution is 2.30. The maximum atomic E-state index is 13.3. The van der Waals surface area contributed by atoms with E-state index in [0.29, 0.717) is 21.7 Å². The number of H-pyrrole nitrogens is 1. The fraction of sp³-hybridized carbons (Fsp3) is 0. The first kappa shape index (κ1) is 11.9. The number of hydrogen-bond donors (Lipinski definition) is 1. The minimum atomic E-state index is -0.364. The molecule has 0 aliphatic carbocycles. The van der Waals surface area contributed by atoms with E-state index in [0.717, 1.165) is 17.4 Å². The molecule has 2 aromatic carbocycles. The van der Waals surface area contributed by atoms with Gasteiger partial charge in [0, 0.05) is 21.5 Å². The summed E-state index contributed by atoms with van der Waals surface area (Å²) in [6, 6.07) is 11.5. The van der Waals surface area contributed by atoms with Gasteiger partial charge in [-0.3, -0.25) is 4.79 Å². The molecule has 1 aromatic heterocycles. The van der Waals surface area contributed by atoms with E-state index >= 15 is 0 Å². The number of hydrogen-bond acceptors (Lipinski definition) is 1. The molecule has 0 fully saturated rings. The zero-order valence-corrected chi connectivity index (χ0v) is 10.5. The fourth-order valence-corrected chi connectivity index (χ4v) is 2.28. The first-order valence-electron chi connectivity index (χ1n) is 5.71. The number of halogens is 2. The van der Waals surface area contributed by atoms with Crippen LogP contribution in [0.1, 0.15) is 10.4 Å². The van der Waals surface area contributed by atoms with Crippen molar-refractivity contribution in [3.8, 4) is 11.3 Å². The Kier molecular flexibility index (Phi) is 2.84. The Morgan fingerprint density at radius 1 is 1.11 bits per heavy atom. The molecule has 2 nitrogen and oxygen atoms in total. The molecule has 0 saturated heterocycles. The second kappa shape index (κ2) is 4.52. The van der Waals surface area contributed by atoms with Crippen LogP contribution in [0.5, 0.6) is 0 Å². The van der Waals surface area contributed by atoms with Crippen molar-refractivity contribution in [2.45, 2.75) is 0 Å². The zero-order chi connectivity index (χ0) is 13.4. The molecule has 19 heavy (non-hydrogen) atoms. The maximum Gasteiger partial charge on any atom is 0.152 e. The highest BCUT2D eigenvalue weighted by atomic mass is 35.5. The molecule has 4 heteroatoms. The number of carbonyl (C=O) groups is 1. The van der Waals surface area contributed by atoms with Gasteiger partial charge in [-0.25, -0.2) is 4.39 Å². The predicted molar refractivity (Wildman–Crippen MR) is 74.1 cm³/mol. The Labute approximate surface area is 113 Å². The molecule has 0 aliphatic heterocycles. The highest BCUT2D eigenvalue weighted by Gasteiger charge is 2.13. The average molecular weight is 274 g/mol. The van der Waals surface area contributed by atoms with Crippen molar-refractivity contribution in [1.29, 1.82) is 0 Å². The molecule has 0 atom stereocenters. The van der Waals surface area contributed by atoms with Crippen LogP contribution in [-0.4, -0.2) is 11.3 Å². The third-order valence-electron chi connectivity index (χ3n) is 3.05. The van der Waals surface area contributed by atoms with Crippen molar-refractivity contribution in [2.75, 3.05) is 0 Å². The predicted octanol–water partition coefficient (Wildman–Crippen LogP) is 4.44. The number of nitrogens with one attached hydrogen (secondary N) is 1. The zero-order valence-electron chi connectivity index (χ0n) is 9.78. The van der Waals surface area contributed by atoms with Crippen LogP contribution in [0.2, 0.25) is 5.02 Å². The van der Waals surface area contributed by atoms with Crippen LogP contribution >= 0.6 is 11.6 Å². The molecule has 0 radical (unpaired) electrons. The van der Waals surface area contributed by atoms with Crippen LogP contribution in [0.4, 0.5) is 4.39 Å². The average Bonchev–Trinajstić information content (AvgIpc) is 2.77. The lowest BCUT2D eigenvalue weighted by molar-refractivity contribution is 0.112. The number of aldehydes is 1. The monoisotopic (exact) mass is 273 g/mol. The van der Waals surface area contributed by atoms with Gasteiger partial charge >= 0.3 is 0 Å². The summed E-state index contributed by atoms with van der Waals surface area (Å²) >= 11 is 5.84. The summed E-state index contributed by atoms with van der Waals surface area (Å²) < 4.78 is 13.3. The quantitative estimate of drug-likeness (QED) is 0.688. The molecule has 3 rings (SSSR count). The van der Waals surface area contributed by atoms with Crippen molar-refractivity contribution in [2.24, 2.45) is 0 Å². The van der Waals surface area contributed by atoms with Crippen molar-refractivity contribution in [1.82, 2.24) is 4.98 Å². The second-order valence-corrected chi connectivity index (χ2v) is 4.66. The summed E-state index contributed by atoms with van der Waals surface area (Å²) in [7, 11) is 0.